The first-order chi connectivity index (χ1) is 13.3. The van der Waals surface area contributed by atoms with Gasteiger partial charge >= 0.3 is 18.2 Å². The highest BCUT2D eigenvalue weighted by molar-refractivity contribution is 5.79. The number of alkyl carbamates (subject to hydrolysis) is 1. The molecule has 2 N–H and O–H groups in total. The predicted octanol–water partition coefficient (Wildman–Crippen LogP) is 4.18. The third-order valence-electron chi connectivity index (χ3n) is 4.72. The molecule has 1 atom stereocenters. The fourth-order valence-electron chi connectivity index (χ4n) is 3.37. The fraction of sp³-hybridized carbons (Fsp3) is 0.300. The average Bonchev–Trinajstić information content (AvgIpc) is 2.96. The van der Waals surface area contributed by atoms with Gasteiger partial charge in [0.05, 0.1) is 12.3 Å². The second-order valence-electron chi connectivity index (χ2n) is 6.54. The lowest BCUT2D eigenvalue weighted by Gasteiger charge is -2.19. The summed E-state index contributed by atoms with van der Waals surface area (Å²) in [6, 6.07) is 15.3. The summed E-state index contributed by atoms with van der Waals surface area (Å²) < 4.78 is 43.7. The Kier molecular flexibility index (Phi) is 5.58. The molecule has 2 aromatic carbocycles. The van der Waals surface area contributed by atoms with E-state index in [4.69, 9.17) is 9.84 Å². The van der Waals surface area contributed by atoms with Crippen LogP contribution in [0.3, 0.4) is 0 Å². The number of hydrogen-bond acceptors (Lipinski definition) is 3. The van der Waals surface area contributed by atoms with Crippen molar-refractivity contribution in [2.75, 3.05) is 13.2 Å². The molecule has 5 nitrogen and oxygen atoms in total. The summed E-state index contributed by atoms with van der Waals surface area (Å²) in [5.41, 5.74) is 4.03. The molecular formula is C20H18F3NO4. The summed E-state index contributed by atoms with van der Waals surface area (Å²) in [6.07, 6.45) is -6.86. The molecule has 0 saturated carbocycles. The third-order valence-corrected chi connectivity index (χ3v) is 4.72. The number of aliphatic carboxylic acids is 1. The molecule has 0 heterocycles. The third kappa shape index (κ3) is 4.27. The Morgan fingerprint density at radius 1 is 1.04 bits per heavy atom. The number of carbonyl (C=O) groups is 2. The summed E-state index contributed by atoms with van der Waals surface area (Å²) in [5.74, 6) is -3.97. The molecule has 0 aromatic heterocycles. The number of halogens is 3. The minimum atomic E-state index is -4.73. The van der Waals surface area contributed by atoms with Crippen molar-refractivity contribution < 1.29 is 32.6 Å². The van der Waals surface area contributed by atoms with E-state index in [1.165, 1.54) is 0 Å². The Balaban J connectivity index is 1.63. The van der Waals surface area contributed by atoms with E-state index in [2.05, 4.69) is 0 Å². The van der Waals surface area contributed by atoms with Crippen LogP contribution in [0.5, 0.6) is 0 Å². The number of rotatable bonds is 6. The maximum Gasteiger partial charge on any atom is 0.407 e. The molecule has 148 valence electrons. The molecule has 1 amide bonds. The summed E-state index contributed by atoms with van der Waals surface area (Å²) in [5, 5.41) is 10.6. The zero-order valence-corrected chi connectivity index (χ0v) is 14.7. The van der Waals surface area contributed by atoms with Crippen LogP contribution in [0, 0.1) is 5.92 Å². The van der Waals surface area contributed by atoms with Crippen LogP contribution < -0.4 is 5.32 Å². The normalized spacial score (nSPS) is 14.1. The second kappa shape index (κ2) is 7.92. The van der Waals surface area contributed by atoms with Gasteiger partial charge in [-0.15, -0.1) is 0 Å². The van der Waals surface area contributed by atoms with Gasteiger partial charge in [0.15, 0.2) is 0 Å². The van der Waals surface area contributed by atoms with Crippen molar-refractivity contribution in [2.24, 2.45) is 5.92 Å². The molecule has 1 aliphatic rings. The highest BCUT2D eigenvalue weighted by atomic mass is 19.4. The van der Waals surface area contributed by atoms with E-state index < -0.39 is 37.1 Å². The van der Waals surface area contributed by atoms with Gasteiger partial charge in [-0.25, -0.2) is 4.79 Å². The number of fused-ring (bicyclic) bond motifs is 3. The van der Waals surface area contributed by atoms with Gasteiger partial charge in [0.2, 0.25) is 0 Å². The van der Waals surface area contributed by atoms with E-state index in [0.717, 1.165) is 22.3 Å². The predicted molar refractivity (Wildman–Crippen MR) is 94.9 cm³/mol. The van der Waals surface area contributed by atoms with E-state index in [0.29, 0.717) is 0 Å². The van der Waals surface area contributed by atoms with Crippen LogP contribution in [0.1, 0.15) is 23.5 Å². The molecule has 0 bridgehead atoms. The van der Waals surface area contributed by atoms with Crippen molar-refractivity contribution in [2.45, 2.75) is 18.5 Å². The number of alkyl halides is 3. The van der Waals surface area contributed by atoms with Crippen molar-refractivity contribution in [1.82, 2.24) is 5.32 Å². The summed E-state index contributed by atoms with van der Waals surface area (Å²) >= 11 is 0. The van der Waals surface area contributed by atoms with E-state index >= 15 is 0 Å². The molecule has 8 heteroatoms. The van der Waals surface area contributed by atoms with Gasteiger partial charge in [0.1, 0.15) is 6.61 Å². The van der Waals surface area contributed by atoms with Crippen LogP contribution in [0.15, 0.2) is 48.5 Å². The van der Waals surface area contributed by atoms with Crippen molar-refractivity contribution in [3.63, 3.8) is 0 Å². The molecule has 0 spiro atoms. The number of hydrogen-bond donors (Lipinski definition) is 2. The first-order valence-corrected chi connectivity index (χ1v) is 8.64. The minimum absolute atomic E-state index is 0.0323. The minimum Gasteiger partial charge on any atom is -0.481 e. The zero-order chi connectivity index (χ0) is 20.3. The van der Waals surface area contributed by atoms with E-state index in [1.807, 2.05) is 53.8 Å². The van der Waals surface area contributed by atoms with Crippen LogP contribution in [0.2, 0.25) is 0 Å². The van der Waals surface area contributed by atoms with Crippen molar-refractivity contribution in [1.29, 1.82) is 0 Å². The van der Waals surface area contributed by atoms with Crippen LogP contribution in [-0.2, 0) is 9.53 Å². The van der Waals surface area contributed by atoms with Crippen LogP contribution in [-0.4, -0.2) is 36.5 Å². The number of carbonyl (C=O) groups excluding carboxylic acids is 1. The number of carboxylic acid groups (broad SMARTS) is 1. The molecule has 0 aliphatic heterocycles. The summed E-state index contributed by atoms with van der Waals surface area (Å²) in [4.78, 5) is 22.5. The van der Waals surface area contributed by atoms with Gasteiger partial charge in [0, 0.05) is 12.5 Å². The maximum atomic E-state index is 12.8. The highest BCUT2D eigenvalue weighted by Gasteiger charge is 2.41. The smallest absolute Gasteiger partial charge is 0.407 e. The molecule has 28 heavy (non-hydrogen) atoms. The fourth-order valence-corrected chi connectivity index (χ4v) is 3.37. The molecule has 0 saturated heterocycles. The molecular weight excluding hydrogens is 375 g/mol. The number of carboxylic acids is 1. The van der Waals surface area contributed by atoms with E-state index in [-0.39, 0.29) is 12.5 Å². The average molecular weight is 393 g/mol. The van der Waals surface area contributed by atoms with Crippen molar-refractivity contribution in [3.8, 4) is 11.1 Å². The number of nitrogens with one attached hydrogen (secondary N) is 1. The monoisotopic (exact) mass is 393 g/mol. The quantitative estimate of drug-likeness (QED) is 0.772. The lowest BCUT2D eigenvalue weighted by atomic mass is 9.98. The first-order valence-electron chi connectivity index (χ1n) is 8.64. The number of benzene rings is 2. The Hall–Kier alpha value is -3.03. The van der Waals surface area contributed by atoms with E-state index in [9.17, 15) is 22.8 Å². The Labute approximate surface area is 159 Å². The molecule has 0 fully saturated rings. The standard InChI is InChI=1S/C20H18F3NO4/c21-20(22,23)12(9-18(25)26)10-24-19(27)28-11-17-15-7-3-1-5-13(15)14-6-2-4-8-16(14)17/h1-8,12,17H,9-11H2,(H,24,27)(H,25,26)/t12-/m1/s1. The molecule has 3 rings (SSSR count). The number of amides is 1. The van der Waals surface area contributed by atoms with Crippen LogP contribution >= 0.6 is 0 Å². The zero-order valence-electron chi connectivity index (χ0n) is 14.7. The van der Waals surface area contributed by atoms with Gasteiger partial charge in [0.25, 0.3) is 0 Å². The second-order valence-corrected chi connectivity index (χ2v) is 6.54. The molecule has 0 radical (unpaired) electrons. The van der Waals surface area contributed by atoms with Gasteiger partial charge in [-0.2, -0.15) is 13.2 Å². The lowest BCUT2D eigenvalue weighted by molar-refractivity contribution is -0.181. The maximum absolute atomic E-state index is 12.8. The summed E-state index contributed by atoms with van der Waals surface area (Å²) in [6.45, 7) is -0.887. The first kappa shape index (κ1) is 19.7. The Bertz CT molecular complexity index is 836. The van der Waals surface area contributed by atoms with Gasteiger partial charge in [-0.3, -0.25) is 4.79 Å². The Morgan fingerprint density at radius 2 is 1.57 bits per heavy atom. The van der Waals surface area contributed by atoms with Crippen LogP contribution in [0.4, 0.5) is 18.0 Å². The van der Waals surface area contributed by atoms with Gasteiger partial charge in [-0.1, -0.05) is 48.5 Å². The Morgan fingerprint density at radius 3 is 2.07 bits per heavy atom. The van der Waals surface area contributed by atoms with Crippen molar-refractivity contribution in [3.05, 3.63) is 59.7 Å². The molecule has 0 unspecified atom stereocenters. The largest absolute Gasteiger partial charge is 0.481 e. The van der Waals surface area contributed by atoms with Crippen LogP contribution in [0.25, 0.3) is 11.1 Å². The van der Waals surface area contributed by atoms with Gasteiger partial charge in [-0.05, 0) is 22.3 Å². The molecule has 2 aromatic rings. The molecule has 1 aliphatic carbocycles. The van der Waals surface area contributed by atoms with Crippen molar-refractivity contribution >= 4 is 12.1 Å². The van der Waals surface area contributed by atoms with Gasteiger partial charge < -0.3 is 15.2 Å². The lowest BCUT2D eigenvalue weighted by Crippen LogP contribution is -2.38. The SMILES string of the molecule is O=C(O)C[C@H](CNC(=O)OCC1c2ccccc2-c2ccccc21)C(F)(F)F. The van der Waals surface area contributed by atoms with E-state index in [1.54, 1.807) is 0 Å². The summed E-state index contributed by atoms with van der Waals surface area (Å²) in [7, 11) is 0. The topological polar surface area (TPSA) is 75.6 Å². The number of ether oxygens (including phenoxy) is 1. The highest BCUT2D eigenvalue weighted by Crippen LogP contribution is 2.44.